The Morgan fingerprint density at radius 2 is 2.00 bits per heavy atom. The zero-order valence-corrected chi connectivity index (χ0v) is 11.8. The number of aryl methyl sites for hydroxylation is 1. The fourth-order valence-electron chi connectivity index (χ4n) is 1.81. The van der Waals surface area contributed by atoms with Crippen LogP contribution in [0, 0.1) is 19.8 Å². The first-order chi connectivity index (χ1) is 7.79. The zero-order chi connectivity index (χ0) is 13.2. The second kappa shape index (κ2) is 5.05. The van der Waals surface area contributed by atoms with Crippen molar-refractivity contribution < 1.29 is 4.74 Å². The van der Waals surface area contributed by atoms with Gasteiger partial charge in [0.1, 0.15) is 5.75 Å². The average molecular weight is 236 g/mol. The number of aromatic nitrogens is 1. The van der Waals surface area contributed by atoms with Crippen LogP contribution in [0.25, 0.3) is 0 Å². The average Bonchev–Trinajstić information content (AvgIpc) is 2.23. The summed E-state index contributed by atoms with van der Waals surface area (Å²) in [6, 6.07) is 0. The van der Waals surface area contributed by atoms with Gasteiger partial charge in [-0.25, -0.2) is 0 Å². The van der Waals surface area contributed by atoms with E-state index in [1.165, 1.54) is 0 Å². The van der Waals surface area contributed by atoms with Crippen molar-refractivity contribution in [2.45, 2.75) is 46.6 Å². The van der Waals surface area contributed by atoms with E-state index in [-0.39, 0.29) is 5.54 Å². The molecule has 2 N–H and O–H groups in total. The first-order valence-electron chi connectivity index (χ1n) is 6.07. The first kappa shape index (κ1) is 14.0. The fourth-order valence-corrected chi connectivity index (χ4v) is 1.81. The van der Waals surface area contributed by atoms with Gasteiger partial charge in [-0.05, 0) is 26.7 Å². The molecule has 0 aliphatic heterocycles. The molecule has 1 heterocycles. The monoisotopic (exact) mass is 236 g/mol. The van der Waals surface area contributed by atoms with Gasteiger partial charge >= 0.3 is 0 Å². The van der Waals surface area contributed by atoms with Crippen molar-refractivity contribution in [3.05, 3.63) is 23.0 Å². The van der Waals surface area contributed by atoms with Crippen LogP contribution >= 0.6 is 0 Å². The number of hydrogen-bond acceptors (Lipinski definition) is 3. The van der Waals surface area contributed by atoms with E-state index < -0.39 is 0 Å². The number of nitrogens with two attached hydrogens (primary N) is 1. The van der Waals surface area contributed by atoms with E-state index in [0.717, 1.165) is 29.0 Å². The first-order valence-corrected chi connectivity index (χ1v) is 6.07. The van der Waals surface area contributed by atoms with Crippen LogP contribution in [0.5, 0.6) is 5.75 Å². The lowest BCUT2D eigenvalue weighted by Crippen LogP contribution is -2.44. The predicted octanol–water partition coefficient (Wildman–Crippen LogP) is 2.62. The fraction of sp³-hybridized carbons (Fsp3) is 0.643. The SMILES string of the molecule is COc1c(C)cnc(CC(C)(N)C(C)C)c1C. The topological polar surface area (TPSA) is 48.1 Å². The minimum absolute atomic E-state index is 0.238. The standard InChI is InChI=1S/C14H24N2O/c1-9(2)14(5,15)7-12-11(4)13(17-6)10(3)8-16-12/h8-9H,7,15H2,1-6H3. The van der Waals surface area contributed by atoms with Crippen LogP contribution in [0.15, 0.2) is 6.20 Å². The van der Waals surface area contributed by atoms with Gasteiger partial charge in [0.2, 0.25) is 0 Å². The number of rotatable bonds is 4. The summed E-state index contributed by atoms with van der Waals surface area (Å²) in [6.07, 6.45) is 2.63. The van der Waals surface area contributed by atoms with Gasteiger partial charge in [0.15, 0.2) is 0 Å². The third-order valence-electron chi connectivity index (χ3n) is 3.62. The minimum Gasteiger partial charge on any atom is -0.496 e. The molecule has 0 aliphatic rings. The van der Waals surface area contributed by atoms with Crippen LogP contribution < -0.4 is 10.5 Å². The molecule has 3 nitrogen and oxygen atoms in total. The second-order valence-electron chi connectivity index (χ2n) is 5.38. The maximum atomic E-state index is 6.31. The molecule has 0 saturated heterocycles. The van der Waals surface area contributed by atoms with Crippen molar-refractivity contribution in [1.82, 2.24) is 4.98 Å². The Balaban J connectivity index is 3.09. The molecule has 1 aromatic heterocycles. The van der Waals surface area contributed by atoms with Crippen LogP contribution in [0.2, 0.25) is 0 Å². The lowest BCUT2D eigenvalue weighted by atomic mass is 9.84. The lowest BCUT2D eigenvalue weighted by Gasteiger charge is -2.29. The maximum absolute atomic E-state index is 6.31. The van der Waals surface area contributed by atoms with E-state index >= 15 is 0 Å². The maximum Gasteiger partial charge on any atom is 0.128 e. The van der Waals surface area contributed by atoms with E-state index in [0.29, 0.717) is 5.92 Å². The van der Waals surface area contributed by atoms with Crippen molar-refractivity contribution in [1.29, 1.82) is 0 Å². The van der Waals surface area contributed by atoms with Gasteiger partial charge in [-0.1, -0.05) is 13.8 Å². The number of hydrogen-bond donors (Lipinski definition) is 1. The Hall–Kier alpha value is -1.09. The normalized spacial score (nSPS) is 14.8. The molecule has 0 saturated carbocycles. The molecule has 0 spiro atoms. The Bertz CT molecular complexity index is 397. The Morgan fingerprint density at radius 3 is 2.47 bits per heavy atom. The molecular formula is C14H24N2O. The largest absolute Gasteiger partial charge is 0.496 e. The number of ether oxygens (including phenoxy) is 1. The van der Waals surface area contributed by atoms with E-state index in [1.807, 2.05) is 20.0 Å². The van der Waals surface area contributed by atoms with Gasteiger partial charge in [0.25, 0.3) is 0 Å². The van der Waals surface area contributed by atoms with Crippen molar-refractivity contribution in [2.75, 3.05) is 7.11 Å². The van der Waals surface area contributed by atoms with E-state index in [1.54, 1.807) is 7.11 Å². The molecule has 0 radical (unpaired) electrons. The van der Waals surface area contributed by atoms with Gasteiger partial charge in [-0.3, -0.25) is 4.98 Å². The predicted molar refractivity (Wildman–Crippen MR) is 71.4 cm³/mol. The Morgan fingerprint density at radius 1 is 1.41 bits per heavy atom. The van der Waals surface area contributed by atoms with E-state index in [2.05, 4.69) is 25.8 Å². The Labute approximate surface area is 104 Å². The number of nitrogens with zero attached hydrogens (tertiary/aromatic N) is 1. The number of pyridine rings is 1. The molecule has 0 bridgehead atoms. The molecule has 1 rings (SSSR count). The molecular weight excluding hydrogens is 212 g/mol. The van der Waals surface area contributed by atoms with Crippen molar-refractivity contribution in [3.8, 4) is 5.75 Å². The van der Waals surface area contributed by atoms with Gasteiger partial charge in [-0.15, -0.1) is 0 Å². The van der Waals surface area contributed by atoms with Crippen LogP contribution in [0.4, 0.5) is 0 Å². The summed E-state index contributed by atoms with van der Waals surface area (Å²) in [5.41, 5.74) is 9.27. The molecule has 1 unspecified atom stereocenters. The molecule has 0 aromatic carbocycles. The third kappa shape index (κ3) is 2.97. The highest BCUT2D eigenvalue weighted by atomic mass is 16.5. The third-order valence-corrected chi connectivity index (χ3v) is 3.62. The molecule has 1 aromatic rings. The molecule has 3 heteroatoms. The highest BCUT2D eigenvalue weighted by molar-refractivity contribution is 5.41. The zero-order valence-electron chi connectivity index (χ0n) is 11.8. The van der Waals surface area contributed by atoms with Crippen LogP contribution in [0.3, 0.4) is 0 Å². The minimum atomic E-state index is -0.238. The van der Waals surface area contributed by atoms with Crippen molar-refractivity contribution in [2.24, 2.45) is 11.7 Å². The summed E-state index contributed by atoms with van der Waals surface area (Å²) in [5.74, 6) is 1.34. The molecule has 17 heavy (non-hydrogen) atoms. The lowest BCUT2D eigenvalue weighted by molar-refractivity contribution is 0.333. The van der Waals surface area contributed by atoms with Gasteiger partial charge in [-0.2, -0.15) is 0 Å². The van der Waals surface area contributed by atoms with Crippen LogP contribution in [0.1, 0.15) is 37.6 Å². The summed E-state index contributed by atoms with van der Waals surface area (Å²) < 4.78 is 5.41. The quantitative estimate of drug-likeness (QED) is 0.874. The molecule has 0 aliphatic carbocycles. The van der Waals surface area contributed by atoms with Crippen molar-refractivity contribution >= 4 is 0 Å². The van der Waals surface area contributed by atoms with Gasteiger partial charge in [0.05, 0.1) is 7.11 Å². The highest BCUT2D eigenvalue weighted by Gasteiger charge is 2.25. The number of methoxy groups -OCH3 is 1. The Kier molecular flexibility index (Phi) is 4.15. The second-order valence-corrected chi connectivity index (χ2v) is 5.38. The van der Waals surface area contributed by atoms with E-state index in [9.17, 15) is 0 Å². The molecule has 96 valence electrons. The summed E-state index contributed by atoms with van der Waals surface area (Å²) in [5, 5.41) is 0. The highest BCUT2D eigenvalue weighted by Crippen LogP contribution is 2.27. The molecule has 0 amide bonds. The molecule has 0 fully saturated rings. The van der Waals surface area contributed by atoms with E-state index in [4.69, 9.17) is 10.5 Å². The van der Waals surface area contributed by atoms with Gasteiger partial charge in [0, 0.05) is 35.0 Å². The summed E-state index contributed by atoms with van der Waals surface area (Å²) in [6.45, 7) is 10.4. The van der Waals surface area contributed by atoms with Crippen LogP contribution in [-0.2, 0) is 6.42 Å². The summed E-state index contributed by atoms with van der Waals surface area (Å²) in [4.78, 5) is 4.49. The molecule has 1 atom stereocenters. The smallest absolute Gasteiger partial charge is 0.128 e. The van der Waals surface area contributed by atoms with Gasteiger partial charge < -0.3 is 10.5 Å². The summed E-state index contributed by atoms with van der Waals surface area (Å²) in [7, 11) is 1.70. The summed E-state index contributed by atoms with van der Waals surface area (Å²) >= 11 is 0. The van der Waals surface area contributed by atoms with Crippen LogP contribution in [-0.4, -0.2) is 17.6 Å². The van der Waals surface area contributed by atoms with Crippen molar-refractivity contribution in [3.63, 3.8) is 0 Å².